The van der Waals surface area contributed by atoms with Crippen molar-refractivity contribution in [2.75, 3.05) is 20.2 Å². The van der Waals surface area contributed by atoms with Gasteiger partial charge in [-0.05, 0) is 19.5 Å². The molecule has 0 fully saturated rings. The minimum absolute atomic E-state index is 0.00165. The molecule has 0 aliphatic carbocycles. The lowest BCUT2D eigenvalue weighted by Gasteiger charge is -2.27. The minimum atomic E-state index is -0.338. The molecule has 5 heteroatoms. The topological polar surface area (TPSA) is 78.6 Å². The van der Waals surface area contributed by atoms with E-state index in [4.69, 9.17) is 10.9 Å². The van der Waals surface area contributed by atoms with Crippen molar-refractivity contribution < 1.29 is 9.90 Å². The highest BCUT2D eigenvalue weighted by molar-refractivity contribution is 5.83. The van der Waals surface area contributed by atoms with Gasteiger partial charge in [0.15, 0.2) is 0 Å². The summed E-state index contributed by atoms with van der Waals surface area (Å²) in [5.74, 6) is 4.67. The summed E-state index contributed by atoms with van der Waals surface area (Å²) in [4.78, 5) is 13.8. The zero-order chi connectivity index (χ0) is 13.5. The van der Waals surface area contributed by atoms with E-state index in [-0.39, 0.29) is 24.5 Å². The van der Waals surface area contributed by atoms with Crippen LogP contribution in [0.5, 0.6) is 0 Å². The van der Waals surface area contributed by atoms with Crippen molar-refractivity contribution >= 4 is 5.91 Å². The summed E-state index contributed by atoms with van der Waals surface area (Å²) >= 11 is 0. The number of carbonyl (C=O) groups excluding carboxylic acids is 1. The minimum Gasteiger partial charge on any atom is -0.395 e. The number of nitrogens with one attached hydrogen (secondary N) is 1. The van der Waals surface area contributed by atoms with E-state index in [9.17, 15) is 4.79 Å². The Morgan fingerprint density at radius 2 is 2.06 bits per heavy atom. The predicted octanol–water partition coefficient (Wildman–Crippen LogP) is 0.0727. The van der Waals surface area contributed by atoms with E-state index in [0.29, 0.717) is 6.54 Å². The van der Waals surface area contributed by atoms with Crippen LogP contribution < -0.4 is 11.3 Å². The molecule has 4 N–H and O–H groups in total. The maximum Gasteiger partial charge on any atom is 0.242 e. The number of likely N-dealkylation sites (N-methyl/N-ethyl adjacent to an activating group) is 1. The van der Waals surface area contributed by atoms with E-state index in [1.165, 1.54) is 0 Å². The van der Waals surface area contributed by atoms with Crippen LogP contribution >= 0.6 is 0 Å². The molecule has 1 aromatic carbocycles. The first kappa shape index (κ1) is 14.6. The molecular weight excluding hydrogens is 230 g/mol. The van der Waals surface area contributed by atoms with E-state index in [2.05, 4.69) is 5.43 Å². The van der Waals surface area contributed by atoms with E-state index in [1.54, 1.807) is 0 Å². The van der Waals surface area contributed by atoms with Crippen LogP contribution in [0.25, 0.3) is 0 Å². The second kappa shape index (κ2) is 7.10. The molecule has 0 saturated carbocycles. The third-order valence-electron chi connectivity index (χ3n) is 3.15. The molecule has 0 radical (unpaired) electrons. The summed E-state index contributed by atoms with van der Waals surface area (Å²) < 4.78 is 0. The fraction of sp³-hybridized carbons (Fsp3) is 0.462. The van der Waals surface area contributed by atoms with Crippen molar-refractivity contribution in [1.29, 1.82) is 0 Å². The van der Waals surface area contributed by atoms with Gasteiger partial charge in [-0.15, -0.1) is 0 Å². The van der Waals surface area contributed by atoms with Gasteiger partial charge >= 0.3 is 0 Å². The van der Waals surface area contributed by atoms with Gasteiger partial charge in [0, 0.05) is 12.6 Å². The zero-order valence-corrected chi connectivity index (χ0v) is 10.8. The molecule has 5 nitrogen and oxygen atoms in total. The van der Waals surface area contributed by atoms with Crippen LogP contribution in [0.1, 0.15) is 18.4 Å². The number of nitrogens with two attached hydrogens (primary N) is 1. The average Bonchev–Trinajstić information content (AvgIpc) is 2.43. The molecule has 0 aromatic heterocycles. The third-order valence-corrected chi connectivity index (χ3v) is 3.15. The number of hydrazine groups is 1. The largest absolute Gasteiger partial charge is 0.395 e. The number of hydrogen-bond donors (Lipinski definition) is 3. The zero-order valence-electron chi connectivity index (χ0n) is 10.8. The predicted molar refractivity (Wildman–Crippen MR) is 70.7 cm³/mol. The number of benzene rings is 1. The molecule has 0 spiro atoms. The first-order valence-corrected chi connectivity index (χ1v) is 5.96. The number of hydrogen-bond acceptors (Lipinski definition) is 4. The molecule has 0 heterocycles. The van der Waals surface area contributed by atoms with Gasteiger partial charge in [0.1, 0.15) is 0 Å². The number of rotatable bonds is 6. The molecule has 1 aromatic rings. The molecule has 100 valence electrons. The Morgan fingerprint density at radius 3 is 2.56 bits per heavy atom. The van der Waals surface area contributed by atoms with E-state index >= 15 is 0 Å². The monoisotopic (exact) mass is 251 g/mol. The molecule has 0 aliphatic heterocycles. The fourth-order valence-electron chi connectivity index (χ4n) is 1.73. The molecule has 18 heavy (non-hydrogen) atoms. The second-order valence-corrected chi connectivity index (χ2v) is 4.44. The second-order valence-electron chi connectivity index (χ2n) is 4.44. The van der Waals surface area contributed by atoms with E-state index in [1.807, 2.05) is 49.2 Å². The highest BCUT2D eigenvalue weighted by Gasteiger charge is 2.23. The molecule has 1 amide bonds. The van der Waals surface area contributed by atoms with Crippen molar-refractivity contribution in [2.45, 2.75) is 18.9 Å². The van der Waals surface area contributed by atoms with Crippen molar-refractivity contribution in [1.82, 2.24) is 10.3 Å². The summed E-state index contributed by atoms with van der Waals surface area (Å²) in [7, 11) is 1.88. The first-order valence-electron chi connectivity index (χ1n) is 5.96. The molecule has 0 bridgehead atoms. The summed E-state index contributed by atoms with van der Waals surface area (Å²) in [5, 5.41) is 9.12. The highest BCUT2D eigenvalue weighted by atomic mass is 16.3. The number of aliphatic hydroxyl groups excluding tert-OH is 1. The summed E-state index contributed by atoms with van der Waals surface area (Å²) in [6.07, 6.45) is 0. The van der Waals surface area contributed by atoms with Gasteiger partial charge in [0.25, 0.3) is 0 Å². The Morgan fingerprint density at radius 1 is 1.44 bits per heavy atom. The van der Waals surface area contributed by atoms with Crippen LogP contribution in [0.4, 0.5) is 0 Å². The van der Waals surface area contributed by atoms with E-state index < -0.39 is 0 Å². The van der Waals surface area contributed by atoms with Gasteiger partial charge in [-0.1, -0.05) is 30.3 Å². The lowest BCUT2D eigenvalue weighted by molar-refractivity contribution is -0.123. The smallest absolute Gasteiger partial charge is 0.242 e. The first-order chi connectivity index (χ1) is 8.60. The van der Waals surface area contributed by atoms with Crippen molar-refractivity contribution in [3.63, 3.8) is 0 Å². The standard InChI is InChI=1S/C13H21N3O2/c1-10(9-17)16(2)8-12(13(18)15-14)11-6-4-3-5-7-11/h3-7,10,12,17H,8-9,14H2,1-2H3,(H,15,18). The lowest BCUT2D eigenvalue weighted by atomic mass is 9.97. The normalized spacial score (nSPS) is 14.3. The van der Waals surface area contributed by atoms with Gasteiger partial charge in [-0.25, -0.2) is 5.84 Å². The highest BCUT2D eigenvalue weighted by Crippen LogP contribution is 2.17. The average molecular weight is 251 g/mol. The van der Waals surface area contributed by atoms with Gasteiger partial charge < -0.3 is 10.0 Å². The molecule has 0 saturated heterocycles. The van der Waals surface area contributed by atoms with Gasteiger partial charge in [0.05, 0.1) is 12.5 Å². The number of aliphatic hydroxyl groups is 1. The van der Waals surface area contributed by atoms with Crippen molar-refractivity contribution in [3.8, 4) is 0 Å². The summed E-state index contributed by atoms with van der Waals surface area (Å²) in [6.45, 7) is 2.47. The van der Waals surface area contributed by atoms with Crippen molar-refractivity contribution in [2.24, 2.45) is 5.84 Å². The number of nitrogens with zero attached hydrogens (tertiary/aromatic N) is 1. The van der Waals surface area contributed by atoms with Crippen LogP contribution in [0, 0.1) is 0 Å². The Balaban J connectivity index is 2.84. The fourth-order valence-corrected chi connectivity index (χ4v) is 1.73. The Kier molecular flexibility index (Phi) is 5.77. The van der Waals surface area contributed by atoms with Gasteiger partial charge in [-0.3, -0.25) is 10.2 Å². The number of carbonyl (C=O) groups is 1. The van der Waals surface area contributed by atoms with Crippen LogP contribution in [0.2, 0.25) is 0 Å². The van der Waals surface area contributed by atoms with Crippen LogP contribution in [0.15, 0.2) is 30.3 Å². The maximum atomic E-state index is 11.8. The maximum absolute atomic E-state index is 11.8. The van der Waals surface area contributed by atoms with Crippen LogP contribution in [0.3, 0.4) is 0 Å². The molecule has 0 aliphatic rings. The Labute approximate surface area is 108 Å². The van der Waals surface area contributed by atoms with E-state index in [0.717, 1.165) is 5.56 Å². The SMILES string of the molecule is CC(CO)N(C)CC(C(=O)NN)c1ccccc1. The molecular formula is C13H21N3O2. The van der Waals surface area contributed by atoms with Gasteiger partial charge in [-0.2, -0.15) is 0 Å². The molecule has 1 rings (SSSR count). The molecule has 2 atom stereocenters. The van der Waals surface area contributed by atoms with Crippen LogP contribution in [-0.2, 0) is 4.79 Å². The summed E-state index contributed by atoms with van der Waals surface area (Å²) in [5.41, 5.74) is 3.11. The lowest BCUT2D eigenvalue weighted by Crippen LogP contribution is -2.42. The Bertz CT molecular complexity index is 370. The number of amides is 1. The van der Waals surface area contributed by atoms with Crippen molar-refractivity contribution in [3.05, 3.63) is 35.9 Å². The van der Waals surface area contributed by atoms with Gasteiger partial charge in [0.2, 0.25) is 5.91 Å². The molecule has 2 unspecified atom stereocenters. The quantitative estimate of drug-likeness (QED) is 0.380. The third kappa shape index (κ3) is 3.80. The van der Waals surface area contributed by atoms with Crippen LogP contribution in [-0.4, -0.2) is 42.2 Å². The Hall–Kier alpha value is -1.43. The summed E-state index contributed by atoms with van der Waals surface area (Å²) in [6, 6.07) is 9.49.